The molecule has 4 heteroatoms. The highest BCUT2D eigenvalue weighted by Gasteiger charge is 2.31. The molecule has 0 atom stereocenters. The quantitative estimate of drug-likeness (QED) is 0.535. The van der Waals surface area contributed by atoms with Crippen LogP contribution in [0.2, 0.25) is 0 Å². The summed E-state index contributed by atoms with van der Waals surface area (Å²) in [5.74, 6) is 1.19. The van der Waals surface area contributed by atoms with Crippen molar-refractivity contribution in [2.75, 3.05) is 13.1 Å². The molecule has 0 bridgehead atoms. The number of aromatic nitrogens is 2. The molecule has 1 aliphatic rings. The van der Waals surface area contributed by atoms with E-state index in [9.17, 15) is 4.79 Å². The molecule has 4 nitrogen and oxygen atoms in total. The maximum atomic E-state index is 12.6. The molecule has 0 spiro atoms. The number of pyridine rings is 1. The zero-order valence-electron chi connectivity index (χ0n) is 19.7. The Bertz CT molecular complexity index is 1100. The Morgan fingerprint density at radius 2 is 1.84 bits per heavy atom. The van der Waals surface area contributed by atoms with E-state index in [0.717, 1.165) is 31.6 Å². The number of aryl methyl sites for hydroxylation is 1. The van der Waals surface area contributed by atoms with E-state index in [2.05, 4.69) is 59.0 Å². The van der Waals surface area contributed by atoms with Crippen molar-refractivity contribution in [3.63, 3.8) is 0 Å². The number of hydrogen-bond donors (Lipinski definition) is 1. The summed E-state index contributed by atoms with van der Waals surface area (Å²) in [6, 6.07) is 11.1. The Balaban J connectivity index is 1.64. The minimum atomic E-state index is -0.301. The number of carbonyl (C=O) groups excluding carboxylic acids is 1. The third-order valence-corrected chi connectivity index (χ3v) is 6.52. The standard InChI is InChI=1S/C27H35N3O/c1-17(2)24-22-16-20(19-10-13-30(14-11-19)26(31)27(4,5)6)7-8-23(22)29-25(24)21-9-12-28-18(3)15-21/h7-9,12,15-17,19,29H,10-11,13-14H2,1-6H3. The molecule has 31 heavy (non-hydrogen) atoms. The van der Waals surface area contributed by atoms with Gasteiger partial charge in [-0.1, -0.05) is 40.7 Å². The number of amides is 1. The molecule has 4 rings (SSSR count). The topological polar surface area (TPSA) is 49.0 Å². The van der Waals surface area contributed by atoms with Gasteiger partial charge in [0.25, 0.3) is 0 Å². The van der Waals surface area contributed by atoms with Gasteiger partial charge < -0.3 is 9.88 Å². The second kappa shape index (κ2) is 8.14. The first-order valence-electron chi connectivity index (χ1n) is 11.5. The van der Waals surface area contributed by atoms with Gasteiger partial charge in [-0.2, -0.15) is 0 Å². The lowest BCUT2D eigenvalue weighted by Crippen LogP contribution is -2.43. The summed E-state index contributed by atoms with van der Waals surface area (Å²) in [6.45, 7) is 14.3. The van der Waals surface area contributed by atoms with E-state index in [1.807, 2.05) is 33.9 Å². The number of nitrogens with one attached hydrogen (secondary N) is 1. The van der Waals surface area contributed by atoms with Gasteiger partial charge in [0.1, 0.15) is 0 Å². The number of benzene rings is 1. The van der Waals surface area contributed by atoms with Crippen molar-refractivity contribution in [2.24, 2.45) is 5.41 Å². The number of likely N-dealkylation sites (tertiary alicyclic amines) is 1. The van der Waals surface area contributed by atoms with Crippen LogP contribution in [0.3, 0.4) is 0 Å². The van der Waals surface area contributed by atoms with Crippen LogP contribution in [-0.4, -0.2) is 33.9 Å². The summed E-state index contributed by atoms with van der Waals surface area (Å²) in [5, 5.41) is 1.32. The van der Waals surface area contributed by atoms with E-state index in [-0.39, 0.29) is 11.3 Å². The predicted molar refractivity (Wildman–Crippen MR) is 128 cm³/mol. The number of H-pyrrole nitrogens is 1. The molecule has 1 aliphatic heterocycles. The fourth-order valence-electron chi connectivity index (χ4n) is 4.90. The molecule has 0 radical (unpaired) electrons. The van der Waals surface area contributed by atoms with Gasteiger partial charge in [-0.15, -0.1) is 0 Å². The van der Waals surface area contributed by atoms with E-state index in [1.165, 1.54) is 33.3 Å². The van der Waals surface area contributed by atoms with Crippen LogP contribution in [0.4, 0.5) is 0 Å². The monoisotopic (exact) mass is 417 g/mol. The lowest BCUT2D eigenvalue weighted by atomic mass is 9.86. The van der Waals surface area contributed by atoms with Gasteiger partial charge in [0, 0.05) is 46.9 Å². The SMILES string of the molecule is Cc1cc(-c2[nH]c3ccc(C4CCN(C(=O)C(C)(C)C)CC4)cc3c2C(C)C)ccn1. The van der Waals surface area contributed by atoms with Crippen molar-refractivity contribution >= 4 is 16.8 Å². The van der Waals surface area contributed by atoms with Crippen molar-refractivity contribution in [3.8, 4) is 11.3 Å². The van der Waals surface area contributed by atoms with Gasteiger partial charge >= 0.3 is 0 Å². The molecule has 3 heterocycles. The summed E-state index contributed by atoms with van der Waals surface area (Å²) in [4.78, 5) is 22.7. The average Bonchev–Trinajstić information content (AvgIpc) is 3.12. The molecule has 1 amide bonds. The van der Waals surface area contributed by atoms with Crippen molar-refractivity contribution in [1.29, 1.82) is 0 Å². The fraction of sp³-hybridized carbons (Fsp3) is 0.481. The number of aromatic amines is 1. The van der Waals surface area contributed by atoms with Crippen LogP contribution in [0.25, 0.3) is 22.2 Å². The maximum Gasteiger partial charge on any atom is 0.227 e. The molecule has 0 aliphatic carbocycles. The molecule has 3 aromatic rings. The van der Waals surface area contributed by atoms with Crippen LogP contribution >= 0.6 is 0 Å². The second-order valence-corrected chi connectivity index (χ2v) is 10.4. The third kappa shape index (κ3) is 4.26. The average molecular weight is 418 g/mol. The lowest BCUT2D eigenvalue weighted by Gasteiger charge is -2.36. The van der Waals surface area contributed by atoms with Gasteiger partial charge in [0.05, 0.1) is 5.69 Å². The van der Waals surface area contributed by atoms with Crippen molar-refractivity contribution in [2.45, 2.75) is 66.2 Å². The van der Waals surface area contributed by atoms with E-state index in [0.29, 0.717) is 11.8 Å². The van der Waals surface area contributed by atoms with Crippen LogP contribution in [0.1, 0.15) is 76.1 Å². The Morgan fingerprint density at radius 1 is 1.13 bits per heavy atom. The minimum absolute atomic E-state index is 0.270. The zero-order chi connectivity index (χ0) is 22.3. The van der Waals surface area contributed by atoms with Crippen molar-refractivity contribution < 1.29 is 4.79 Å². The molecular weight excluding hydrogens is 382 g/mol. The van der Waals surface area contributed by atoms with E-state index >= 15 is 0 Å². The van der Waals surface area contributed by atoms with Crippen molar-refractivity contribution in [1.82, 2.24) is 14.9 Å². The predicted octanol–water partition coefficient (Wildman–Crippen LogP) is 6.41. The van der Waals surface area contributed by atoms with Crippen LogP contribution < -0.4 is 0 Å². The minimum Gasteiger partial charge on any atom is -0.354 e. The first-order chi connectivity index (χ1) is 14.6. The van der Waals surface area contributed by atoms with Crippen LogP contribution in [-0.2, 0) is 4.79 Å². The Morgan fingerprint density at radius 3 is 2.45 bits per heavy atom. The molecule has 1 aromatic carbocycles. The zero-order valence-corrected chi connectivity index (χ0v) is 19.7. The molecule has 2 aromatic heterocycles. The highest BCUT2D eigenvalue weighted by Crippen LogP contribution is 2.38. The van der Waals surface area contributed by atoms with Crippen LogP contribution in [0, 0.1) is 12.3 Å². The second-order valence-electron chi connectivity index (χ2n) is 10.4. The molecule has 0 saturated carbocycles. The largest absolute Gasteiger partial charge is 0.354 e. The summed E-state index contributed by atoms with van der Waals surface area (Å²) in [6.07, 6.45) is 3.95. The summed E-state index contributed by atoms with van der Waals surface area (Å²) in [7, 11) is 0. The molecular formula is C27H35N3O. The van der Waals surface area contributed by atoms with Crippen molar-refractivity contribution in [3.05, 3.63) is 53.3 Å². The van der Waals surface area contributed by atoms with Gasteiger partial charge in [-0.3, -0.25) is 9.78 Å². The van der Waals surface area contributed by atoms with Crippen LogP contribution in [0.15, 0.2) is 36.5 Å². The number of nitrogens with zero attached hydrogens (tertiary/aromatic N) is 2. The molecule has 1 N–H and O–H groups in total. The highest BCUT2D eigenvalue weighted by atomic mass is 16.2. The molecule has 0 unspecified atom stereocenters. The van der Waals surface area contributed by atoms with Gasteiger partial charge in [0.2, 0.25) is 5.91 Å². The van der Waals surface area contributed by atoms with Gasteiger partial charge in [-0.05, 0) is 67.0 Å². The number of hydrogen-bond acceptors (Lipinski definition) is 2. The first-order valence-corrected chi connectivity index (χ1v) is 11.5. The first kappa shape index (κ1) is 21.6. The van der Waals surface area contributed by atoms with E-state index in [4.69, 9.17) is 0 Å². The van der Waals surface area contributed by atoms with Crippen LogP contribution in [0.5, 0.6) is 0 Å². The molecule has 1 saturated heterocycles. The van der Waals surface area contributed by atoms with Gasteiger partial charge in [-0.25, -0.2) is 0 Å². The molecule has 1 fully saturated rings. The fourth-order valence-corrected chi connectivity index (χ4v) is 4.90. The Kier molecular flexibility index (Phi) is 5.67. The Hall–Kier alpha value is -2.62. The molecule has 164 valence electrons. The number of carbonyl (C=O) groups is 1. The van der Waals surface area contributed by atoms with Gasteiger partial charge in [0.15, 0.2) is 0 Å². The summed E-state index contributed by atoms with van der Waals surface area (Å²) < 4.78 is 0. The Labute approximate surface area is 186 Å². The normalized spacial score (nSPS) is 15.8. The summed E-state index contributed by atoms with van der Waals surface area (Å²) >= 11 is 0. The summed E-state index contributed by atoms with van der Waals surface area (Å²) in [5.41, 5.74) is 7.10. The maximum absolute atomic E-state index is 12.6. The number of piperidine rings is 1. The van der Waals surface area contributed by atoms with E-state index in [1.54, 1.807) is 0 Å². The third-order valence-electron chi connectivity index (χ3n) is 6.52. The smallest absolute Gasteiger partial charge is 0.227 e. The number of fused-ring (bicyclic) bond motifs is 1. The lowest BCUT2D eigenvalue weighted by molar-refractivity contribution is -0.140. The highest BCUT2D eigenvalue weighted by molar-refractivity contribution is 5.92. The number of rotatable bonds is 3. The van der Waals surface area contributed by atoms with E-state index < -0.39 is 0 Å².